The average Bonchev–Trinajstić information content (AvgIpc) is 3.54. The number of benzene rings is 1. The van der Waals surface area contributed by atoms with Crippen molar-refractivity contribution >= 4 is 23.3 Å². The van der Waals surface area contributed by atoms with Crippen LogP contribution in [0.2, 0.25) is 5.02 Å². The van der Waals surface area contributed by atoms with E-state index in [4.69, 9.17) is 16.6 Å². The Morgan fingerprint density at radius 2 is 2.05 bits per heavy atom. The molecule has 0 bridgehead atoms. The Balaban J connectivity index is 1.06. The molecule has 0 aromatic heterocycles. The van der Waals surface area contributed by atoms with Crippen LogP contribution in [0, 0.1) is 16.7 Å². The monoisotopic (exact) mass is 562 g/mol. The van der Waals surface area contributed by atoms with Gasteiger partial charge in [0.25, 0.3) is 0 Å². The number of amidine groups is 1. The van der Waals surface area contributed by atoms with E-state index >= 15 is 0 Å². The van der Waals surface area contributed by atoms with Crippen LogP contribution in [0.3, 0.4) is 0 Å². The van der Waals surface area contributed by atoms with Crippen molar-refractivity contribution in [3.05, 3.63) is 70.8 Å². The summed E-state index contributed by atoms with van der Waals surface area (Å²) in [5.41, 5.74) is 9.59. The van der Waals surface area contributed by atoms with Gasteiger partial charge in [-0.05, 0) is 37.3 Å². The largest absolute Gasteiger partial charge is 0.367 e. The van der Waals surface area contributed by atoms with Crippen LogP contribution in [-0.4, -0.2) is 102 Å². The third-order valence-electron chi connectivity index (χ3n) is 8.10. The Morgan fingerprint density at radius 1 is 1.25 bits per heavy atom. The number of aliphatic imine (C=N–C) groups is 1. The van der Waals surface area contributed by atoms with Gasteiger partial charge in [-0.15, -0.1) is 0 Å². The van der Waals surface area contributed by atoms with E-state index in [1.807, 2.05) is 57.7 Å². The molecule has 0 aliphatic carbocycles. The molecular formula is C28H35ClN10O. The molecule has 1 amide bonds. The standard InChI is InChI=1S/C28H35ClN10O/c1-35-11-13-36(14-12-35)25(40)18-38-17-22(16-31-38)32-27-33-26-24(7-4-10-39(26)34-27)37-19-28(20-37,8-9-30)15-21-5-2-3-6-23(21)29/h2-7,10,17,27,31-32,34H,8,11-16,18-20H2,1H3. The van der Waals surface area contributed by atoms with E-state index in [-0.39, 0.29) is 17.6 Å². The summed E-state index contributed by atoms with van der Waals surface area (Å²) in [7, 11) is 2.08. The summed E-state index contributed by atoms with van der Waals surface area (Å²) in [6.07, 6.45) is 8.89. The van der Waals surface area contributed by atoms with E-state index < -0.39 is 0 Å². The van der Waals surface area contributed by atoms with Crippen molar-refractivity contribution in [2.45, 2.75) is 19.1 Å². The van der Waals surface area contributed by atoms with Gasteiger partial charge in [-0.25, -0.2) is 10.4 Å². The first-order chi connectivity index (χ1) is 19.4. The van der Waals surface area contributed by atoms with Gasteiger partial charge in [0.15, 0.2) is 12.1 Å². The number of nitrogens with one attached hydrogen (secondary N) is 3. The predicted molar refractivity (Wildman–Crippen MR) is 153 cm³/mol. The first-order valence-corrected chi connectivity index (χ1v) is 14.1. The van der Waals surface area contributed by atoms with Gasteiger partial charge in [0.05, 0.1) is 18.3 Å². The second-order valence-corrected chi connectivity index (χ2v) is 11.6. The van der Waals surface area contributed by atoms with Crippen molar-refractivity contribution in [1.82, 2.24) is 40.9 Å². The minimum absolute atomic E-state index is 0.130. The Kier molecular flexibility index (Phi) is 7.42. The van der Waals surface area contributed by atoms with Crippen LogP contribution < -0.4 is 16.2 Å². The second-order valence-electron chi connectivity index (χ2n) is 11.2. The number of fused-ring (bicyclic) bond motifs is 1. The predicted octanol–water partition coefficient (Wildman–Crippen LogP) is 1.04. The quantitative estimate of drug-likeness (QED) is 0.428. The molecule has 5 aliphatic heterocycles. The lowest BCUT2D eigenvalue weighted by molar-refractivity contribution is -0.133. The van der Waals surface area contributed by atoms with Gasteiger partial charge in [-0.1, -0.05) is 29.8 Å². The number of piperazine rings is 1. The highest BCUT2D eigenvalue weighted by molar-refractivity contribution is 6.31. The number of hydrazine groups is 2. The number of hydrogen-bond acceptors (Lipinski definition) is 10. The first kappa shape index (κ1) is 26.7. The number of carbonyl (C=O) groups excluding carboxylic acids is 1. The van der Waals surface area contributed by atoms with E-state index in [1.54, 1.807) is 0 Å². The molecule has 2 fully saturated rings. The summed E-state index contributed by atoms with van der Waals surface area (Å²) < 4.78 is 0. The van der Waals surface area contributed by atoms with Crippen LogP contribution in [-0.2, 0) is 11.2 Å². The number of amides is 1. The number of hydrogen-bond donors (Lipinski definition) is 3. The van der Waals surface area contributed by atoms with Crippen molar-refractivity contribution in [3.8, 4) is 6.07 Å². The number of nitriles is 1. The van der Waals surface area contributed by atoms with Gasteiger partial charge in [0.2, 0.25) is 5.91 Å². The van der Waals surface area contributed by atoms with Crippen LogP contribution >= 0.6 is 11.6 Å². The molecule has 1 aromatic rings. The molecule has 40 heavy (non-hydrogen) atoms. The summed E-state index contributed by atoms with van der Waals surface area (Å²) in [5, 5.41) is 17.5. The Morgan fingerprint density at radius 3 is 2.83 bits per heavy atom. The van der Waals surface area contributed by atoms with Gasteiger partial charge in [-0.2, -0.15) is 10.7 Å². The highest BCUT2D eigenvalue weighted by Gasteiger charge is 2.46. The van der Waals surface area contributed by atoms with Gasteiger partial charge in [0.1, 0.15) is 6.54 Å². The third kappa shape index (κ3) is 5.53. The number of rotatable bonds is 8. The molecule has 210 valence electrons. The Labute approximate surface area is 240 Å². The van der Waals surface area contributed by atoms with Crippen LogP contribution in [0.1, 0.15) is 12.0 Å². The first-order valence-electron chi connectivity index (χ1n) is 13.7. The van der Waals surface area contributed by atoms with E-state index in [0.29, 0.717) is 19.5 Å². The minimum Gasteiger partial charge on any atom is -0.367 e. The molecule has 5 aliphatic rings. The molecule has 1 aromatic carbocycles. The summed E-state index contributed by atoms with van der Waals surface area (Å²) in [6.45, 7) is 5.80. The number of likely N-dealkylation sites (N-methyl/N-ethyl adjacent to an activating group) is 1. The lowest BCUT2D eigenvalue weighted by atomic mass is 9.72. The maximum absolute atomic E-state index is 12.7. The number of halogens is 1. The van der Waals surface area contributed by atoms with E-state index in [1.165, 1.54) is 0 Å². The molecule has 12 heteroatoms. The van der Waals surface area contributed by atoms with E-state index in [0.717, 1.165) is 73.5 Å². The smallest absolute Gasteiger partial charge is 0.243 e. The van der Waals surface area contributed by atoms with Crippen molar-refractivity contribution in [2.24, 2.45) is 10.4 Å². The van der Waals surface area contributed by atoms with Crippen LogP contribution in [0.5, 0.6) is 0 Å². The van der Waals surface area contributed by atoms with Crippen LogP contribution in [0.15, 0.2) is 65.2 Å². The lowest BCUT2D eigenvalue weighted by Crippen LogP contribution is -2.58. The molecule has 5 heterocycles. The molecule has 0 radical (unpaired) electrons. The van der Waals surface area contributed by atoms with Crippen LogP contribution in [0.25, 0.3) is 0 Å². The van der Waals surface area contributed by atoms with Crippen molar-refractivity contribution < 1.29 is 4.79 Å². The number of carbonyl (C=O) groups is 1. The third-order valence-corrected chi connectivity index (χ3v) is 8.47. The van der Waals surface area contributed by atoms with Gasteiger partial charge < -0.3 is 25.0 Å². The minimum atomic E-state index is -0.337. The van der Waals surface area contributed by atoms with Gasteiger partial charge in [0, 0.05) is 74.2 Å². The summed E-state index contributed by atoms with van der Waals surface area (Å²) in [5.74, 6) is 0.975. The second kappa shape index (κ2) is 11.1. The molecular weight excluding hydrogens is 528 g/mol. The van der Waals surface area contributed by atoms with Crippen LogP contribution in [0.4, 0.5) is 0 Å². The summed E-state index contributed by atoms with van der Waals surface area (Å²) >= 11 is 6.44. The topological polar surface area (TPSA) is 106 Å². The Bertz CT molecular complexity index is 1300. The number of allylic oxidation sites excluding steroid dienone is 2. The fraction of sp³-hybridized carbons (Fsp3) is 0.464. The summed E-state index contributed by atoms with van der Waals surface area (Å²) in [6, 6.07) is 10.3. The maximum atomic E-state index is 12.7. The molecule has 6 rings (SSSR count). The molecule has 2 saturated heterocycles. The van der Waals surface area contributed by atoms with Crippen molar-refractivity contribution in [1.29, 1.82) is 5.26 Å². The number of likely N-dealkylation sites (tertiary alicyclic amines) is 1. The normalized spacial score (nSPS) is 23.7. The fourth-order valence-corrected chi connectivity index (χ4v) is 6.08. The van der Waals surface area contributed by atoms with E-state index in [2.05, 4.69) is 45.2 Å². The molecule has 1 unspecified atom stereocenters. The SMILES string of the molecule is CN1CCN(C(=O)CN2C=C(NC3N=C4C(N5CC(CC#N)(Cc6ccccc6Cl)C5)=CC=CN4N3)CN2)CC1. The zero-order valence-corrected chi connectivity index (χ0v) is 23.4. The van der Waals surface area contributed by atoms with E-state index in [9.17, 15) is 10.1 Å². The maximum Gasteiger partial charge on any atom is 0.243 e. The van der Waals surface area contributed by atoms with Crippen molar-refractivity contribution in [3.63, 3.8) is 0 Å². The Hall–Kier alpha value is -3.56. The average molecular weight is 563 g/mol. The molecule has 0 spiro atoms. The highest BCUT2D eigenvalue weighted by Crippen LogP contribution is 2.41. The lowest BCUT2D eigenvalue weighted by Gasteiger charge is -2.52. The zero-order chi connectivity index (χ0) is 27.7. The molecule has 11 nitrogen and oxygen atoms in total. The van der Waals surface area contributed by atoms with Gasteiger partial charge in [-0.3, -0.25) is 9.80 Å². The highest BCUT2D eigenvalue weighted by atomic mass is 35.5. The fourth-order valence-electron chi connectivity index (χ4n) is 5.88. The molecule has 3 N–H and O–H groups in total. The molecule has 1 atom stereocenters. The number of nitrogens with zero attached hydrogens (tertiary/aromatic N) is 7. The summed E-state index contributed by atoms with van der Waals surface area (Å²) in [4.78, 5) is 24.1. The molecule has 0 saturated carbocycles. The zero-order valence-electron chi connectivity index (χ0n) is 22.7. The van der Waals surface area contributed by atoms with Gasteiger partial charge >= 0.3 is 0 Å². The van der Waals surface area contributed by atoms with Crippen molar-refractivity contribution in [2.75, 3.05) is 59.4 Å².